The van der Waals surface area contributed by atoms with Crippen LogP contribution in [-0.2, 0) is 4.74 Å². The lowest BCUT2D eigenvalue weighted by Gasteiger charge is -2.14. The molecule has 0 radical (unpaired) electrons. The first-order valence-electron chi connectivity index (χ1n) is 7.52. The molecule has 1 saturated heterocycles. The Bertz CT molecular complexity index is 793. The molecule has 0 saturated carbocycles. The van der Waals surface area contributed by atoms with E-state index in [-0.39, 0.29) is 17.9 Å². The van der Waals surface area contributed by atoms with Crippen molar-refractivity contribution in [1.82, 2.24) is 25.3 Å². The minimum absolute atomic E-state index is 0.0192. The van der Waals surface area contributed by atoms with Gasteiger partial charge in [0.25, 0.3) is 5.91 Å². The molecule has 1 amide bonds. The number of nitrogens with zero attached hydrogens (tertiary/aromatic N) is 3. The first kappa shape index (κ1) is 14.0. The Balaban J connectivity index is 1.59. The Kier molecular flexibility index (Phi) is 3.34. The maximum atomic E-state index is 12.8. The molecule has 3 heterocycles. The fraction of sp³-hybridized carbons (Fsp3) is 0.312. The molecular formula is C16H17N5O2. The predicted molar refractivity (Wildman–Crippen MR) is 84.1 cm³/mol. The van der Waals surface area contributed by atoms with E-state index < -0.39 is 0 Å². The summed E-state index contributed by atoms with van der Waals surface area (Å²) in [5, 5.41) is 11.6. The maximum absolute atomic E-state index is 12.8. The van der Waals surface area contributed by atoms with E-state index in [9.17, 15) is 4.79 Å². The van der Waals surface area contributed by atoms with E-state index in [0.29, 0.717) is 18.8 Å². The molecule has 1 aliphatic rings. The number of likely N-dealkylation sites (tertiary alicyclic amines) is 1. The molecular weight excluding hydrogens is 294 g/mol. The quantitative estimate of drug-likeness (QED) is 0.768. The van der Waals surface area contributed by atoms with E-state index in [2.05, 4.69) is 20.4 Å². The fourth-order valence-electron chi connectivity index (χ4n) is 3.21. The van der Waals surface area contributed by atoms with Gasteiger partial charge in [0.15, 0.2) is 0 Å². The van der Waals surface area contributed by atoms with Gasteiger partial charge in [-0.3, -0.25) is 4.79 Å². The van der Waals surface area contributed by atoms with Crippen LogP contribution in [0.15, 0.2) is 36.5 Å². The van der Waals surface area contributed by atoms with Gasteiger partial charge in [-0.2, -0.15) is 15.4 Å². The summed E-state index contributed by atoms with van der Waals surface area (Å²) in [6.07, 6.45) is 1.61. The smallest absolute Gasteiger partial charge is 0.270 e. The van der Waals surface area contributed by atoms with Crippen LogP contribution in [0.4, 0.5) is 0 Å². The molecule has 0 aliphatic carbocycles. The van der Waals surface area contributed by atoms with Gasteiger partial charge in [-0.15, -0.1) is 0 Å². The van der Waals surface area contributed by atoms with E-state index in [1.165, 1.54) is 0 Å². The van der Waals surface area contributed by atoms with Crippen molar-refractivity contribution in [2.45, 2.75) is 12.0 Å². The van der Waals surface area contributed by atoms with Gasteiger partial charge >= 0.3 is 0 Å². The van der Waals surface area contributed by atoms with Crippen LogP contribution in [0.5, 0.6) is 0 Å². The van der Waals surface area contributed by atoms with Crippen molar-refractivity contribution in [2.75, 3.05) is 20.2 Å². The van der Waals surface area contributed by atoms with E-state index in [4.69, 9.17) is 4.74 Å². The van der Waals surface area contributed by atoms with Gasteiger partial charge in [0.1, 0.15) is 5.69 Å². The van der Waals surface area contributed by atoms with E-state index >= 15 is 0 Å². The van der Waals surface area contributed by atoms with Gasteiger partial charge in [0, 0.05) is 31.1 Å². The Morgan fingerprint density at radius 3 is 2.96 bits per heavy atom. The third kappa shape index (κ3) is 2.39. The minimum Gasteiger partial charge on any atom is -0.379 e. The van der Waals surface area contributed by atoms with Gasteiger partial charge in [0.2, 0.25) is 0 Å². The summed E-state index contributed by atoms with van der Waals surface area (Å²) < 4.78 is 5.54. The first-order chi connectivity index (χ1) is 11.3. The zero-order chi connectivity index (χ0) is 15.8. The van der Waals surface area contributed by atoms with Crippen LogP contribution in [-0.4, -0.2) is 57.5 Å². The summed E-state index contributed by atoms with van der Waals surface area (Å²) in [5.41, 5.74) is 2.39. The summed E-state index contributed by atoms with van der Waals surface area (Å²) in [6.45, 7) is 1.11. The summed E-state index contributed by atoms with van der Waals surface area (Å²) in [6, 6.07) is 9.75. The Morgan fingerprint density at radius 1 is 1.35 bits per heavy atom. The van der Waals surface area contributed by atoms with Crippen molar-refractivity contribution >= 4 is 16.8 Å². The number of hydrogen-bond donors (Lipinski definition) is 2. The van der Waals surface area contributed by atoms with Crippen molar-refractivity contribution in [1.29, 1.82) is 0 Å². The predicted octanol–water partition coefficient (Wildman–Crippen LogP) is 1.54. The van der Waals surface area contributed by atoms with Gasteiger partial charge < -0.3 is 14.6 Å². The number of methoxy groups -OCH3 is 1. The number of para-hydroxylation sites is 1. The normalized spacial score (nSPS) is 21.2. The zero-order valence-electron chi connectivity index (χ0n) is 12.7. The number of benzene rings is 1. The van der Waals surface area contributed by atoms with Crippen LogP contribution in [0.3, 0.4) is 0 Å². The number of fused-ring (bicyclic) bond motifs is 1. The van der Waals surface area contributed by atoms with Crippen LogP contribution in [0, 0.1) is 0 Å². The molecule has 0 bridgehead atoms. The summed E-state index contributed by atoms with van der Waals surface area (Å²) in [5.74, 6) is 0.0151. The lowest BCUT2D eigenvalue weighted by molar-refractivity contribution is 0.0710. The summed E-state index contributed by atoms with van der Waals surface area (Å²) in [4.78, 5) is 17.8. The third-order valence-electron chi connectivity index (χ3n) is 4.43. The standard InChI is InChI=1S/C16H17N5O2/c1-23-15-9-21(8-11(15)14-7-17-20-19-14)16(22)13-6-10-4-2-3-5-12(10)18-13/h2-7,11,15,18H,8-9H2,1H3,(H,17,19,20)/t11-,15+/m0/s1. The van der Waals surface area contributed by atoms with Crippen LogP contribution < -0.4 is 0 Å². The zero-order valence-corrected chi connectivity index (χ0v) is 12.7. The number of nitrogens with one attached hydrogen (secondary N) is 2. The van der Waals surface area contributed by atoms with Crippen molar-refractivity contribution in [3.8, 4) is 0 Å². The monoisotopic (exact) mass is 311 g/mol. The van der Waals surface area contributed by atoms with Crippen LogP contribution in [0.2, 0.25) is 0 Å². The highest BCUT2D eigenvalue weighted by Crippen LogP contribution is 2.29. The molecule has 3 aromatic rings. The van der Waals surface area contributed by atoms with Gasteiger partial charge in [-0.05, 0) is 12.1 Å². The number of ether oxygens (including phenoxy) is 1. The van der Waals surface area contributed by atoms with Gasteiger partial charge in [-0.25, -0.2) is 0 Å². The molecule has 7 nitrogen and oxygen atoms in total. The van der Waals surface area contributed by atoms with Crippen molar-refractivity contribution < 1.29 is 9.53 Å². The number of aromatic nitrogens is 4. The minimum atomic E-state index is -0.0755. The molecule has 1 fully saturated rings. The van der Waals surface area contributed by atoms with Gasteiger partial charge in [0.05, 0.1) is 23.9 Å². The molecule has 2 N–H and O–H groups in total. The second-order valence-electron chi connectivity index (χ2n) is 5.76. The lowest BCUT2D eigenvalue weighted by Crippen LogP contribution is -2.30. The van der Waals surface area contributed by atoms with E-state index in [1.54, 1.807) is 18.2 Å². The number of carbonyl (C=O) groups is 1. The van der Waals surface area contributed by atoms with E-state index in [1.807, 2.05) is 30.3 Å². The highest BCUT2D eigenvalue weighted by atomic mass is 16.5. The maximum Gasteiger partial charge on any atom is 0.270 e. The molecule has 0 unspecified atom stereocenters. The molecule has 1 aromatic carbocycles. The Morgan fingerprint density at radius 2 is 2.22 bits per heavy atom. The van der Waals surface area contributed by atoms with Crippen molar-refractivity contribution in [2.24, 2.45) is 0 Å². The molecule has 2 atom stereocenters. The molecule has 2 aromatic heterocycles. The molecule has 7 heteroatoms. The summed E-state index contributed by atoms with van der Waals surface area (Å²) in [7, 11) is 1.66. The number of rotatable bonds is 3. The van der Waals surface area contributed by atoms with Crippen LogP contribution >= 0.6 is 0 Å². The topological polar surface area (TPSA) is 86.9 Å². The number of hydrogen-bond acceptors (Lipinski definition) is 4. The number of carbonyl (C=O) groups excluding carboxylic acids is 1. The molecule has 23 heavy (non-hydrogen) atoms. The van der Waals surface area contributed by atoms with Crippen molar-refractivity contribution in [3.63, 3.8) is 0 Å². The summed E-state index contributed by atoms with van der Waals surface area (Å²) >= 11 is 0. The second-order valence-corrected chi connectivity index (χ2v) is 5.76. The van der Waals surface area contributed by atoms with Gasteiger partial charge in [-0.1, -0.05) is 18.2 Å². The molecule has 1 aliphatic heterocycles. The average Bonchev–Trinajstić information content (AvgIpc) is 3.30. The highest BCUT2D eigenvalue weighted by Gasteiger charge is 2.38. The number of H-pyrrole nitrogens is 2. The third-order valence-corrected chi connectivity index (χ3v) is 4.43. The lowest BCUT2D eigenvalue weighted by atomic mass is 10.0. The second kappa shape index (κ2) is 5.51. The molecule has 4 rings (SSSR count). The fourth-order valence-corrected chi connectivity index (χ4v) is 3.21. The Hall–Kier alpha value is -2.67. The molecule has 0 spiro atoms. The largest absolute Gasteiger partial charge is 0.379 e. The van der Waals surface area contributed by atoms with Crippen LogP contribution in [0.25, 0.3) is 10.9 Å². The average molecular weight is 311 g/mol. The SMILES string of the molecule is CO[C@@H]1CN(C(=O)c2cc3ccccc3[nH]2)C[C@H]1c1cn[nH]n1. The Labute approximate surface area is 132 Å². The molecule has 118 valence electrons. The number of amides is 1. The van der Waals surface area contributed by atoms with Crippen molar-refractivity contribution in [3.05, 3.63) is 47.9 Å². The first-order valence-corrected chi connectivity index (χ1v) is 7.52. The highest BCUT2D eigenvalue weighted by molar-refractivity contribution is 5.98. The van der Waals surface area contributed by atoms with Crippen LogP contribution in [0.1, 0.15) is 22.1 Å². The number of aromatic amines is 2. The van der Waals surface area contributed by atoms with E-state index in [0.717, 1.165) is 16.6 Å².